The molecule has 1 aliphatic rings. The van der Waals surface area contributed by atoms with E-state index in [2.05, 4.69) is 4.90 Å². The summed E-state index contributed by atoms with van der Waals surface area (Å²) in [5.74, 6) is 0.0751. The van der Waals surface area contributed by atoms with E-state index in [0.29, 0.717) is 23.1 Å². The van der Waals surface area contributed by atoms with Gasteiger partial charge in [-0.05, 0) is 48.9 Å². The molecule has 0 bridgehead atoms. The van der Waals surface area contributed by atoms with Crippen LogP contribution in [0, 0.1) is 0 Å². The van der Waals surface area contributed by atoms with Crippen molar-refractivity contribution in [3.05, 3.63) is 87.9 Å². The Morgan fingerprint density at radius 2 is 1.74 bits per heavy atom. The van der Waals surface area contributed by atoms with Gasteiger partial charge in [0.25, 0.3) is 0 Å². The monoisotopic (exact) mass is 587 g/mol. The quantitative estimate of drug-likeness (QED) is 0.213. The summed E-state index contributed by atoms with van der Waals surface area (Å²) in [6.07, 6.45) is -0.232. The summed E-state index contributed by atoms with van der Waals surface area (Å²) in [4.78, 5) is 29.7. The van der Waals surface area contributed by atoms with Gasteiger partial charge in [-0.15, -0.1) is 11.8 Å². The third-order valence-corrected chi connectivity index (χ3v) is 9.35. The Morgan fingerprint density at radius 3 is 2.44 bits per heavy atom. The van der Waals surface area contributed by atoms with Gasteiger partial charge in [-0.1, -0.05) is 59.6 Å². The molecule has 206 valence electrons. The normalized spacial score (nSPS) is 20.8. The van der Waals surface area contributed by atoms with Crippen LogP contribution < -0.4 is 9.22 Å². The van der Waals surface area contributed by atoms with Crippen molar-refractivity contribution in [2.75, 3.05) is 40.8 Å². The molecule has 0 aliphatic carbocycles. The first-order chi connectivity index (χ1) is 18.6. The summed E-state index contributed by atoms with van der Waals surface area (Å²) in [5, 5.41) is 0.715. The maximum Gasteiger partial charge on any atom is 0.361 e. The van der Waals surface area contributed by atoms with E-state index in [-0.39, 0.29) is 10.4 Å². The van der Waals surface area contributed by atoms with Crippen LogP contribution in [0.4, 0.5) is 5.69 Å². The third kappa shape index (κ3) is 6.61. The molecule has 3 aromatic carbocycles. The number of hydrogen-bond acceptors (Lipinski definition) is 6. The Morgan fingerprint density at radius 1 is 1.03 bits per heavy atom. The molecule has 0 aromatic heterocycles. The van der Waals surface area contributed by atoms with E-state index in [1.54, 1.807) is 24.9 Å². The first kappa shape index (κ1) is 29.4. The molecule has 4 rings (SSSR count). The van der Waals surface area contributed by atoms with Crippen molar-refractivity contribution in [1.29, 1.82) is 0 Å². The predicted octanol–water partition coefficient (Wildman–Crippen LogP) is 6.42. The van der Waals surface area contributed by atoms with Crippen molar-refractivity contribution in [2.24, 2.45) is 0 Å². The predicted molar refractivity (Wildman–Crippen MR) is 159 cm³/mol. The van der Waals surface area contributed by atoms with E-state index in [9.17, 15) is 9.59 Å². The zero-order valence-electron chi connectivity index (χ0n) is 22.5. The lowest BCUT2D eigenvalue weighted by Crippen LogP contribution is -2.58. The molecule has 6 nitrogen and oxygen atoms in total. The van der Waals surface area contributed by atoms with Crippen LogP contribution in [-0.2, 0) is 20.7 Å². The fourth-order valence-corrected chi connectivity index (χ4v) is 6.61. The number of likely N-dealkylation sites (N-methyl/N-ethyl adjacent to an activating group) is 2. The highest BCUT2D eigenvalue weighted by Gasteiger charge is 2.50. The van der Waals surface area contributed by atoms with Gasteiger partial charge in [0, 0.05) is 26.1 Å². The van der Waals surface area contributed by atoms with Crippen molar-refractivity contribution in [3.63, 3.8) is 0 Å². The fourth-order valence-electron chi connectivity index (χ4n) is 4.79. The van der Waals surface area contributed by atoms with E-state index >= 15 is 0 Å². The first-order valence-electron chi connectivity index (χ1n) is 12.7. The van der Waals surface area contributed by atoms with Gasteiger partial charge in [0.15, 0.2) is 5.69 Å². The van der Waals surface area contributed by atoms with Gasteiger partial charge in [0.05, 0.1) is 34.3 Å². The van der Waals surface area contributed by atoms with Gasteiger partial charge in [-0.3, -0.25) is 4.79 Å². The Kier molecular flexibility index (Phi) is 9.62. The molecule has 0 spiro atoms. The summed E-state index contributed by atoms with van der Waals surface area (Å²) in [6.45, 7) is 3.23. The number of methoxy groups -OCH3 is 1. The number of esters is 1. The van der Waals surface area contributed by atoms with Crippen LogP contribution in [0.3, 0.4) is 0 Å². The number of carbonyl (C=O) groups is 2. The molecule has 0 N–H and O–H groups in total. The minimum absolute atomic E-state index is 0.00996. The van der Waals surface area contributed by atoms with Crippen molar-refractivity contribution < 1.29 is 19.1 Å². The average Bonchev–Trinajstić information content (AvgIpc) is 3.02. The van der Waals surface area contributed by atoms with Crippen molar-refractivity contribution in [3.8, 4) is 5.75 Å². The molecular weight excluding hydrogens is 555 g/mol. The Labute approximate surface area is 244 Å². The van der Waals surface area contributed by atoms with Crippen LogP contribution >= 0.6 is 35.0 Å². The lowest BCUT2D eigenvalue weighted by atomic mass is 10.0. The molecule has 1 heterocycles. The minimum Gasteiger partial charge on any atom is -0.497 e. The molecule has 9 heteroatoms. The second kappa shape index (κ2) is 12.7. The van der Waals surface area contributed by atoms with E-state index in [1.165, 1.54) is 6.92 Å². The summed E-state index contributed by atoms with van der Waals surface area (Å²) < 4.78 is 11.1. The molecular formula is C30H33Cl2N2O4S+. The number of para-hydroxylation sites is 1. The number of thioether (sulfide) groups is 1. The van der Waals surface area contributed by atoms with Gasteiger partial charge >= 0.3 is 11.9 Å². The lowest BCUT2D eigenvalue weighted by molar-refractivity contribution is -0.157. The summed E-state index contributed by atoms with van der Waals surface area (Å²) in [5.41, 5.74) is 2.77. The molecule has 1 aliphatic heterocycles. The number of fused-ring (bicyclic) bond motifs is 1. The van der Waals surface area contributed by atoms with Crippen LogP contribution in [0.5, 0.6) is 5.75 Å². The van der Waals surface area contributed by atoms with E-state index < -0.39 is 17.3 Å². The Bertz CT molecular complexity index is 1340. The average molecular weight is 589 g/mol. The molecule has 0 saturated carbocycles. The molecule has 0 fully saturated rings. The zero-order valence-corrected chi connectivity index (χ0v) is 24.9. The van der Waals surface area contributed by atoms with Gasteiger partial charge in [0.2, 0.25) is 6.10 Å². The number of quaternary nitrogens is 1. The highest BCUT2D eigenvalue weighted by atomic mass is 35.5. The number of amides is 1. The topological polar surface area (TPSA) is 55.8 Å². The summed E-state index contributed by atoms with van der Waals surface area (Å²) in [7, 11) is 5.55. The maximum atomic E-state index is 14.4. The van der Waals surface area contributed by atoms with Crippen LogP contribution in [0.2, 0.25) is 10.0 Å². The number of halogens is 2. The summed E-state index contributed by atoms with van der Waals surface area (Å²) in [6, 6.07) is 21.2. The van der Waals surface area contributed by atoms with Crippen LogP contribution in [-0.4, -0.2) is 63.7 Å². The molecule has 1 amide bonds. The smallest absolute Gasteiger partial charge is 0.361 e. The Balaban J connectivity index is 1.61. The van der Waals surface area contributed by atoms with E-state index in [0.717, 1.165) is 40.4 Å². The molecule has 0 radical (unpaired) electrons. The highest BCUT2D eigenvalue weighted by molar-refractivity contribution is 7.99. The lowest BCUT2D eigenvalue weighted by Gasteiger charge is -2.34. The van der Waals surface area contributed by atoms with Crippen molar-refractivity contribution in [2.45, 2.75) is 29.6 Å². The van der Waals surface area contributed by atoms with Crippen LogP contribution in [0.15, 0.2) is 71.6 Å². The summed E-state index contributed by atoms with van der Waals surface area (Å²) >= 11 is 14.1. The number of ether oxygens (including phenoxy) is 2. The number of hydrogen-bond donors (Lipinski definition) is 0. The van der Waals surface area contributed by atoms with Gasteiger partial charge in [-0.25, -0.2) is 9.28 Å². The SMILES string of the molecule is COc1ccc([C@H]2Sc3ccccc3[N+](C)(CCN(C)CCc3cccc(Cl)c3Cl)C(=O)[C@H]2OC(C)=O)cc1. The Hall–Kier alpha value is -2.55. The number of carbonyl (C=O) groups excluding carboxylic acids is 2. The van der Waals surface area contributed by atoms with Crippen LogP contribution in [0.1, 0.15) is 23.3 Å². The minimum atomic E-state index is -0.964. The standard InChI is InChI=1S/C30H33Cl2N2O4S/c1-20(35)38-28-29(22-12-14-23(37-4)15-13-22)39-26-11-6-5-10-25(26)34(3,30(28)36)19-18-33(2)17-16-21-8-7-9-24(31)27(21)32/h5-15,28-29H,16-19H2,1-4H3/q+1/t28-,29+,34?/m0/s1. The first-order valence-corrected chi connectivity index (χ1v) is 14.4. The molecule has 39 heavy (non-hydrogen) atoms. The molecule has 0 saturated heterocycles. The third-order valence-electron chi connectivity index (χ3n) is 7.12. The van der Waals surface area contributed by atoms with Crippen molar-refractivity contribution in [1.82, 2.24) is 9.38 Å². The van der Waals surface area contributed by atoms with Gasteiger partial charge in [0.1, 0.15) is 12.3 Å². The second-order valence-corrected chi connectivity index (χ2v) is 11.8. The second-order valence-electron chi connectivity index (χ2n) is 9.83. The molecule has 3 aromatic rings. The van der Waals surface area contributed by atoms with Gasteiger partial charge < -0.3 is 14.4 Å². The molecule has 3 atom stereocenters. The number of nitrogens with zero attached hydrogens (tertiary/aromatic N) is 2. The maximum absolute atomic E-state index is 14.4. The number of rotatable bonds is 9. The van der Waals surface area contributed by atoms with Gasteiger partial charge in [-0.2, -0.15) is 0 Å². The zero-order chi connectivity index (χ0) is 28.2. The van der Waals surface area contributed by atoms with Crippen molar-refractivity contribution >= 4 is 52.5 Å². The van der Waals surface area contributed by atoms with Crippen LogP contribution in [0.25, 0.3) is 0 Å². The fraction of sp³-hybridized carbons (Fsp3) is 0.333. The van der Waals surface area contributed by atoms with E-state index in [1.807, 2.05) is 74.8 Å². The number of benzene rings is 3. The largest absolute Gasteiger partial charge is 0.497 e. The molecule has 1 unspecified atom stereocenters. The highest BCUT2D eigenvalue weighted by Crippen LogP contribution is 2.48. The van der Waals surface area contributed by atoms with E-state index in [4.69, 9.17) is 32.7 Å².